The van der Waals surface area contributed by atoms with Crippen LogP contribution in [0.4, 0.5) is 0 Å². The minimum atomic E-state index is -1.10. The van der Waals surface area contributed by atoms with Crippen LogP contribution in [-0.2, 0) is 9.59 Å². The van der Waals surface area contributed by atoms with Crippen LogP contribution < -0.4 is 5.73 Å². The van der Waals surface area contributed by atoms with Gasteiger partial charge in [0.05, 0.1) is 11.6 Å². The van der Waals surface area contributed by atoms with Crippen LogP contribution in [0.25, 0.3) is 0 Å². The van der Waals surface area contributed by atoms with Gasteiger partial charge in [0.1, 0.15) is 6.04 Å². The van der Waals surface area contributed by atoms with Gasteiger partial charge in [0.15, 0.2) is 0 Å². The van der Waals surface area contributed by atoms with Gasteiger partial charge in [-0.3, -0.25) is 4.79 Å². The second-order valence-electron chi connectivity index (χ2n) is 4.87. The Labute approximate surface area is 100 Å². The van der Waals surface area contributed by atoms with Gasteiger partial charge < -0.3 is 20.8 Å². The number of aliphatic hydroxyl groups is 1. The molecule has 0 aliphatic carbocycles. The first-order chi connectivity index (χ1) is 7.79. The van der Waals surface area contributed by atoms with E-state index in [4.69, 9.17) is 10.8 Å². The van der Waals surface area contributed by atoms with E-state index in [1.165, 1.54) is 4.90 Å². The molecule has 1 aliphatic rings. The van der Waals surface area contributed by atoms with Crippen LogP contribution in [0, 0.1) is 0 Å². The van der Waals surface area contributed by atoms with E-state index < -0.39 is 29.6 Å². The van der Waals surface area contributed by atoms with E-state index in [2.05, 4.69) is 0 Å². The van der Waals surface area contributed by atoms with E-state index in [-0.39, 0.29) is 13.0 Å². The number of carbonyl (C=O) groups excluding carboxylic acids is 1. The Balaban J connectivity index is 2.84. The summed E-state index contributed by atoms with van der Waals surface area (Å²) < 4.78 is 0. The van der Waals surface area contributed by atoms with Crippen LogP contribution in [0.5, 0.6) is 0 Å². The highest BCUT2D eigenvalue weighted by Gasteiger charge is 2.43. The molecule has 1 fully saturated rings. The topological polar surface area (TPSA) is 104 Å². The van der Waals surface area contributed by atoms with Crippen molar-refractivity contribution in [3.63, 3.8) is 0 Å². The van der Waals surface area contributed by atoms with Crippen LogP contribution >= 0.6 is 0 Å². The zero-order chi connectivity index (χ0) is 13.2. The third-order valence-corrected chi connectivity index (χ3v) is 3.08. The third kappa shape index (κ3) is 2.95. The fraction of sp³-hybridized carbons (Fsp3) is 0.818. The molecule has 1 aliphatic heterocycles. The molecule has 17 heavy (non-hydrogen) atoms. The molecule has 0 aromatic carbocycles. The van der Waals surface area contributed by atoms with Crippen molar-refractivity contribution >= 4 is 11.9 Å². The molecule has 0 radical (unpaired) electrons. The number of carboxylic acids is 1. The average molecular weight is 244 g/mol. The van der Waals surface area contributed by atoms with Crippen LogP contribution in [0.1, 0.15) is 33.1 Å². The Morgan fingerprint density at radius 2 is 2.12 bits per heavy atom. The molecule has 0 saturated carbocycles. The molecule has 6 nitrogen and oxygen atoms in total. The first-order valence-corrected chi connectivity index (χ1v) is 5.80. The summed E-state index contributed by atoms with van der Waals surface area (Å²) in [5.41, 5.74) is 4.83. The largest absolute Gasteiger partial charge is 0.480 e. The van der Waals surface area contributed by atoms with Crippen LogP contribution in [0.3, 0.4) is 0 Å². The monoisotopic (exact) mass is 244 g/mol. The second kappa shape index (κ2) is 5.01. The number of carboxylic acid groups (broad SMARTS) is 1. The maximum Gasteiger partial charge on any atom is 0.326 e. The van der Waals surface area contributed by atoms with Crippen LogP contribution in [0.15, 0.2) is 0 Å². The maximum absolute atomic E-state index is 12.1. The average Bonchev–Trinajstić information content (AvgIpc) is 2.59. The van der Waals surface area contributed by atoms with E-state index in [1.54, 1.807) is 6.92 Å². The van der Waals surface area contributed by atoms with Crippen molar-refractivity contribution in [2.45, 2.75) is 50.8 Å². The van der Waals surface area contributed by atoms with Gasteiger partial charge in [-0.2, -0.15) is 0 Å². The summed E-state index contributed by atoms with van der Waals surface area (Å²) >= 11 is 0. The molecule has 0 bridgehead atoms. The Morgan fingerprint density at radius 1 is 1.53 bits per heavy atom. The summed E-state index contributed by atoms with van der Waals surface area (Å²) in [6.07, 6.45) is 0.526. The van der Waals surface area contributed by atoms with E-state index in [0.29, 0.717) is 6.42 Å². The molecule has 1 saturated heterocycles. The summed E-state index contributed by atoms with van der Waals surface area (Å²) in [6, 6.07) is -0.961. The van der Waals surface area contributed by atoms with E-state index in [1.807, 2.05) is 6.92 Å². The van der Waals surface area contributed by atoms with Crippen molar-refractivity contribution < 1.29 is 19.8 Å². The van der Waals surface area contributed by atoms with Crippen LogP contribution in [0.2, 0.25) is 0 Å². The zero-order valence-electron chi connectivity index (χ0n) is 10.2. The van der Waals surface area contributed by atoms with Gasteiger partial charge in [0, 0.05) is 13.0 Å². The molecule has 98 valence electrons. The van der Waals surface area contributed by atoms with Gasteiger partial charge in [-0.1, -0.05) is 13.3 Å². The van der Waals surface area contributed by atoms with Gasteiger partial charge in [-0.25, -0.2) is 4.79 Å². The van der Waals surface area contributed by atoms with Crippen molar-refractivity contribution in [1.29, 1.82) is 0 Å². The lowest BCUT2D eigenvalue weighted by Crippen LogP contribution is -2.55. The standard InChI is InChI=1S/C11H20N2O4/c1-3-4-11(2,12)10(17)13-6-7(14)5-8(13)9(15)16/h7-8,14H,3-6,12H2,1-2H3,(H,15,16). The molecule has 4 N–H and O–H groups in total. The number of aliphatic carboxylic acids is 1. The summed E-state index contributed by atoms with van der Waals surface area (Å²) in [6.45, 7) is 3.56. The lowest BCUT2D eigenvalue weighted by atomic mass is 9.95. The Hall–Kier alpha value is -1.14. The number of nitrogens with two attached hydrogens (primary N) is 1. The normalized spacial score (nSPS) is 27.9. The minimum Gasteiger partial charge on any atom is -0.480 e. The van der Waals surface area contributed by atoms with Gasteiger partial charge in [-0.15, -0.1) is 0 Å². The highest BCUT2D eigenvalue weighted by molar-refractivity contribution is 5.90. The molecule has 0 aromatic heterocycles. The number of hydrogen-bond acceptors (Lipinski definition) is 4. The fourth-order valence-electron chi connectivity index (χ4n) is 2.23. The summed E-state index contributed by atoms with van der Waals surface area (Å²) in [5.74, 6) is -1.49. The van der Waals surface area contributed by atoms with E-state index >= 15 is 0 Å². The SMILES string of the molecule is CCCC(C)(N)C(=O)N1CC(O)CC1C(=O)O. The Kier molecular flexibility index (Phi) is 4.11. The molecule has 0 spiro atoms. The van der Waals surface area contributed by atoms with Gasteiger partial charge in [0.25, 0.3) is 0 Å². The molecular weight excluding hydrogens is 224 g/mol. The quantitative estimate of drug-likeness (QED) is 0.621. The predicted octanol–water partition coefficient (Wildman–Crippen LogP) is -0.450. The number of likely N-dealkylation sites (tertiary alicyclic amines) is 1. The van der Waals surface area contributed by atoms with Crippen molar-refractivity contribution in [2.75, 3.05) is 6.54 Å². The highest BCUT2D eigenvalue weighted by Crippen LogP contribution is 2.23. The van der Waals surface area contributed by atoms with Crippen molar-refractivity contribution in [3.05, 3.63) is 0 Å². The molecule has 6 heteroatoms. The van der Waals surface area contributed by atoms with Crippen molar-refractivity contribution in [3.8, 4) is 0 Å². The second-order valence-corrected chi connectivity index (χ2v) is 4.87. The number of aliphatic hydroxyl groups excluding tert-OH is 1. The summed E-state index contributed by atoms with van der Waals surface area (Å²) in [7, 11) is 0. The molecular formula is C11H20N2O4. The lowest BCUT2D eigenvalue weighted by molar-refractivity contribution is -0.150. The minimum absolute atomic E-state index is 0.0479. The highest BCUT2D eigenvalue weighted by atomic mass is 16.4. The van der Waals surface area contributed by atoms with E-state index in [9.17, 15) is 14.7 Å². The number of rotatable bonds is 4. The molecule has 1 amide bonds. The molecule has 3 unspecified atom stereocenters. The third-order valence-electron chi connectivity index (χ3n) is 3.08. The predicted molar refractivity (Wildman–Crippen MR) is 61.3 cm³/mol. The van der Waals surface area contributed by atoms with Gasteiger partial charge in [-0.05, 0) is 13.3 Å². The summed E-state index contributed by atoms with van der Waals surface area (Å²) in [4.78, 5) is 24.3. The zero-order valence-corrected chi connectivity index (χ0v) is 10.2. The Bertz CT molecular complexity index is 317. The maximum atomic E-state index is 12.1. The number of amides is 1. The molecule has 1 rings (SSSR count). The summed E-state index contributed by atoms with van der Waals surface area (Å²) in [5, 5.41) is 18.5. The smallest absolute Gasteiger partial charge is 0.326 e. The van der Waals surface area contributed by atoms with Gasteiger partial charge >= 0.3 is 5.97 Å². The molecule has 1 heterocycles. The number of β-amino-alcohol motifs (C(OH)–C–C–N with tert-alkyl or cyclic N) is 1. The Morgan fingerprint density at radius 3 is 2.59 bits per heavy atom. The van der Waals surface area contributed by atoms with Crippen LogP contribution in [-0.4, -0.2) is 51.2 Å². The molecule has 3 atom stereocenters. The number of nitrogens with zero attached hydrogens (tertiary/aromatic N) is 1. The first kappa shape index (κ1) is 13.9. The van der Waals surface area contributed by atoms with Crippen molar-refractivity contribution in [1.82, 2.24) is 4.90 Å². The van der Waals surface area contributed by atoms with Crippen molar-refractivity contribution in [2.24, 2.45) is 5.73 Å². The van der Waals surface area contributed by atoms with Gasteiger partial charge in [0.2, 0.25) is 5.91 Å². The lowest BCUT2D eigenvalue weighted by Gasteiger charge is -2.31. The number of hydrogen-bond donors (Lipinski definition) is 3. The van der Waals surface area contributed by atoms with E-state index in [0.717, 1.165) is 6.42 Å². The number of carbonyl (C=O) groups is 2. The molecule has 0 aromatic rings. The first-order valence-electron chi connectivity index (χ1n) is 5.80. The fourth-order valence-corrected chi connectivity index (χ4v) is 2.23.